The zero-order chi connectivity index (χ0) is 11.7. The largest absolute Gasteiger partial charge is 0.388 e. The molecule has 0 saturated heterocycles. The standard InChI is InChI=1S/C12H11NO3/c1-7-2-8(5-14)12-9(11(16)6-15)4-13-10(12)3-7/h2-5,13,15H,6H2,1H3. The number of carbonyl (C=O) groups is 2. The Morgan fingerprint density at radius 1 is 1.50 bits per heavy atom. The quantitative estimate of drug-likeness (QED) is 0.604. The molecule has 0 atom stereocenters. The van der Waals surface area contributed by atoms with Crippen LogP contribution in [-0.2, 0) is 0 Å². The van der Waals surface area contributed by atoms with E-state index in [9.17, 15) is 9.59 Å². The molecule has 0 aliphatic rings. The van der Waals surface area contributed by atoms with E-state index < -0.39 is 12.4 Å². The lowest BCUT2D eigenvalue weighted by atomic mass is 10.0. The van der Waals surface area contributed by atoms with Gasteiger partial charge in [-0.3, -0.25) is 9.59 Å². The van der Waals surface area contributed by atoms with E-state index in [-0.39, 0.29) is 0 Å². The fourth-order valence-corrected chi connectivity index (χ4v) is 1.85. The molecule has 0 aliphatic heterocycles. The number of aryl methyl sites for hydroxylation is 1. The summed E-state index contributed by atoms with van der Waals surface area (Å²) in [4.78, 5) is 25.3. The summed E-state index contributed by atoms with van der Waals surface area (Å²) in [5, 5.41) is 9.42. The second-order valence-electron chi connectivity index (χ2n) is 3.68. The molecule has 1 heterocycles. The fraction of sp³-hybridized carbons (Fsp3) is 0.167. The second-order valence-corrected chi connectivity index (χ2v) is 3.68. The summed E-state index contributed by atoms with van der Waals surface area (Å²) in [7, 11) is 0. The van der Waals surface area contributed by atoms with Gasteiger partial charge in [0.1, 0.15) is 6.61 Å². The Morgan fingerprint density at radius 3 is 2.88 bits per heavy atom. The number of aliphatic hydroxyl groups is 1. The lowest BCUT2D eigenvalue weighted by Crippen LogP contribution is -2.04. The van der Waals surface area contributed by atoms with Gasteiger partial charge in [0.15, 0.2) is 12.1 Å². The van der Waals surface area contributed by atoms with Crippen molar-refractivity contribution in [1.82, 2.24) is 4.98 Å². The number of fused-ring (bicyclic) bond motifs is 1. The zero-order valence-corrected chi connectivity index (χ0v) is 8.78. The van der Waals surface area contributed by atoms with Crippen LogP contribution in [0.15, 0.2) is 18.3 Å². The number of carbonyl (C=O) groups excluding carboxylic acids is 2. The van der Waals surface area contributed by atoms with Crippen molar-refractivity contribution in [3.63, 3.8) is 0 Å². The van der Waals surface area contributed by atoms with Gasteiger partial charge >= 0.3 is 0 Å². The Hall–Kier alpha value is -1.94. The summed E-state index contributed by atoms with van der Waals surface area (Å²) in [5.74, 6) is -0.391. The number of hydrogen-bond donors (Lipinski definition) is 2. The molecule has 0 spiro atoms. The number of aldehydes is 1. The van der Waals surface area contributed by atoms with Crippen molar-refractivity contribution in [2.75, 3.05) is 6.61 Å². The molecule has 2 rings (SSSR count). The molecule has 0 radical (unpaired) electrons. The smallest absolute Gasteiger partial charge is 0.190 e. The van der Waals surface area contributed by atoms with E-state index in [1.54, 1.807) is 6.07 Å². The van der Waals surface area contributed by atoms with Crippen LogP contribution >= 0.6 is 0 Å². The van der Waals surface area contributed by atoms with Crippen molar-refractivity contribution >= 4 is 23.0 Å². The molecule has 2 aromatic rings. The third-order valence-electron chi connectivity index (χ3n) is 2.53. The SMILES string of the molecule is Cc1cc(C=O)c2c(C(=O)CO)c[nH]c2c1. The zero-order valence-electron chi connectivity index (χ0n) is 8.78. The van der Waals surface area contributed by atoms with Crippen molar-refractivity contribution in [3.8, 4) is 0 Å². The molecular formula is C12H11NO3. The molecule has 1 aromatic carbocycles. The van der Waals surface area contributed by atoms with E-state index in [1.807, 2.05) is 13.0 Å². The highest BCUT2D eigenvalue weighted by Gasteiger charge is 2.14. The Morgan fingerprint density at radius 2 is 2.25 bits per heavy atom. The molecule has 0 fully saturated rings. The number of hydrogen-bond acceptors (Lipinski definition) is 3. The monoisotopic (exact) mass is 217 g/mol. The Labute approximate surface area is 91.9 Å². The third-order valence-corrected chi connectivity index (χ3v) is 2.53. The van der Waals surface area contributed by atoms with Gasteiger partial charge in [0.2, 0.25) is 0 Å². The summed E-state index contributed by atoms with van der Waals surface area (Å²) in [6, 6.07) is 3.58. The molecule has 16 heavy (non-hydrogen) atoms. The van der Waals surface area contributed by atoms with Crippen LogP contribution in [0.4, 0.5) is 0 Å². The van der Waals surface area contributed by atoms with Crippen molar-refractivity contribution in [2.24, 2.45) is 0 Å². The van der Waals surface area contributed by atoms with Gasteiger partial charge < -0.3 is 10.1 Å². The molecule has 0 bridgehead atoms. The molecule has 4 heteroatoms. The summed E-state index contributed by atoms with van der Waals surface area (Å²) in [5.41, 5.74) is 2.51. The van der Waals surface area contributed by atoms with E-state index in [4.69, 9.17) is 5.11 Å². The molecular weight excluding hydrogens is 206 g/mol. The molecule has 0 amide bonds. The molecule has 1 aromatic heterocycles. The topological polar surface area (TPSA) is 70.2 Å². The first-order valence-electron chi connectivity index (χ1n) is 4.88. The van der Waals surface area contributed by atoms with Crippen molar-refractivity contribution in [3.05, 3.63) is 35.0 Å². The predicted octanol–water partition coefficient (Wildman–Crippen LogP) is 1.46. The van der Waals surface area contributed by atoms with Gasteiger partial charge in [-0.25, -0.2) is 0 Å². The lowest BCUT2D eigenvalue weighted by molar-refractivity contribution is 0.0905. The van der Waals surface area contributed by atoms with Gasteiger partial charge in [0.05, 0.1) is 0 Å². The highest BCUT2D eigenvalue weighted by molar-refractivity contribution is 6.13. The number of nitrogens with one attached hydrogen (secondary N) is 1. The molecule has 0 unspecified atom stereocenters. The van der Waals surface area contributed by atoms with E-state index in [1.165, 1.54) is 6.20 Å². The fourth-order valence-electron chi connectivity index (χ4n) is 1.85. The van der Waals surface area contributed by atoms with Crippen LogP contribution in [0.5, 0.6) is 0 Å². The maximum absolute atomic E-state index is 11.5. The van der Waals surface area contributed by atoms with Crippen LogP contribution in [0, 0.1) is 6.92 Å². The second kappa shape index (κ2) is 3.90. The number of Topliss-reactive ketones (excluding diaryl/α,β-unsaturated/α-hetero) is 1. The van der Waals surface area contributed by atoms with Crippen molar-refractivity contribution < 1.29 is 14.7 Å². The summed E-state index contributed by atoms with van der Waals surface area (Å²) < 4.78 is 0. The van der Waals surface area contributed by atoms with Crippen LogP contribution in [0.1, 0.15) is 26.3 Å². The average Bonchev–Trinajstić information content (AvgIpc) is 2.70. The Bertz CT molecular complexity index is 569. The van der Waals surface area contributed by atoms with E-state index in [0.29, 0.717) is 16.5 Å². The van der Waals surface area contributed by atoms with E-state index >= 15 is 0 Å². The van der Waals surface area contributed by atoms with Gasteiger partial charge in [0, 0.05) is 28.2 Å². The number of ketones is 1. The summed E-state index contributed by atoms with van der Waals surface area (Å²) in [6.45, 7) is 1.32. The molecule has 82 valence electrons. The van der Waals surface area contributed by atoms with E-state index in [0.717, 1.165) is 17.4 Å². The highest BCUT2D eigenvalue weighted by Crippen LogP contribution is 2.23. The number of aliphatic hydroxyl groups excluding tert-OH is 1. The maximum atomic E-state index is 11.5. The van der Waals surface area contributed by atoms with Gasteiger partial charge in [0.25, 0.3) is 0 Å². The molecule has 0 saturated carbocycles. The number of benzene rings is 1. The number of rotatable bonds is 3. The summed E-state index contributed by atoms with van der Waals surface area (Å²) >= 11 is 0. The first-order valence-corrected chi connectivity index (χ1v) is 4.88. The van der Waals surface area contributed by atoms with Gasteiger partial charge in [-0.2, -0.15) is 0 Å². The van der Waals surface area contributed by atoms with Gasteiger partial charge in [-0.15, -0.1) is 0 Å². The summed E-state index contributed by atoms with van der Waals surface area (Å²) in [6.07, 6.45) is 2.24. The third kappa shape index (κ3) is 1.53. The molecule has 0 aliphatic carbocycles. The average molecular weight is 217 g/mol. The molecule has 4 nitrogen and oxygen atoms in total. The number of aromatic amines is 1. The normalized spacial score (nSPS) is 10.6. The van der Waals surface area contributed by atoms with Gasteiger partial charge in [-0.05, 0) is 24.6 Å². The van der Waals surface area contributed by atoms with Crippen molar-refractivity contribution in [2.45, 2.75) is 6.92 Å². The lowest BCUT2D eigenvalue weighted by Gasteiger charge is -2.00. The maximum Gasteiger partial charge on any atom is 0.190 e. The van der Waals surface area contributed by atoms with Gasteiger partial charge in [-0.1, -0.05) is 0 Å². The first-order chi connectivity index (χ1) is 7.67. The Balaban J connectivity index is 2.79. The van der Waals surface area contributed by atoms with Crippen LogP contribution in [0.25, 0.3) is 10.9 Å². The predicted molar refractivity (Wildman–Crippen MR) is 59.8 cm³/mol. The van der Waals surface area contributed by atoms with Crippen LogP contribution < -0.4 is 0 Å². The van der Waals surface area contributed by atoms with Crippen LogP contribution in [0.3, 0.4) is 0 Å². The highest BCUT2D eigenvalue weighted by atomic mass is 16.3. The minimum atomic E-state index is -0.556. The van der Waals surface area contributed by atoms with Crippen LogP contribution in [-0.4, -0.2) is 28.8 Å². The Kier molecular flexibility index (Phi) is 2.58. The number of H-pyrrole nitrogens is 1. The van der Waals surface area contributed by atoms with E-state index in [2.05, 4.69) is 4.98 Å². The minimum Gasteiger partial charge on any atom is -0.388 e. The van der Waals surface area contributed by atoms with Crippen molar-refractivity contribution in [1.29, 1.82) is 0 Å². The minimum absolute atomic E-state index is 0.361. The first kappa shape index (κ1) is 10.6. The molecule has 2 N–H and O–H groups in total. The van der Waals surface area contributed by atoms with Crippen LogP contribution in [0.2, 0.25) is 0 Å². The number of aromatic nitrogens is 1.